The molecular formula is C13H20N2O2. The summed E-state index contributed by atoms with van der Waals surface area (Å²) < 4.78 is 0. The number of carbonyl (C=O) groups excluding carboxylic acids is 2. The number of nitrogens with one attached hydrogen (secondary N) is 2. The number of piperidine rings is 1. The van der Waals surface area contributed by atoms with Gasteiger partial charge in [0.15, 0.2) is 0 Å². The summed E-state index contributed by atoms with van der Waals surface area (Å²) in [6.45, 7) is 1.27. The van der Waals surface area contributed by atoms with Crippen LogP contribution in [0.5, 0.6) is 0 Å². The molecule has 2 unspecified atom stereocenters. The van der Waals surface area contributed by atoms with E-state index in [1.54, 1.807) is 0 Å². The third kappa shape index (κ3) is 3.58. The molecule has 0 aromatic carbocycles. The van der Waals surface area contributed by atoms with Gasteiger partial charge in [0, 0.05) is 19.5 Å². The summed E-state index contributed by atoms with van der Waals surface area (Å²) in [6.07, 6.45) is 8.92. The first-order valence-corrected chi connectivity index (χ1v) is 6.45. The smallest absolute Gasteiger partial charge is 0.224 e. The van der Waals surface area contributed by atoms with Crippen LogP contribution >= 0.6 is 0 Å². The van der Waals surface area contributed by atoms with Crippen molar-refractivity contribution < 1.29 is 9.59 Å². The van der Waals surface area contributed by atoms with E-state index >= 15 is 0 Å². The Morgan fingerprint density at radius 1 is 1.41 bits per heavy atom. The Morgan fingerprint density at radius 2 is 2.29 bits per heavy atom. The first-order valence-electron chi connectivity index (χ1n) is 6.45. The second-order valence-corrected chi connectivity index (χ2v) is 4.94. The Balaban J connectivity index is 1.69. The van der Waals surface area contributed by atoms with Crippen molar-refractivity contribution in [3.63, 3.8) is 0 Å². The van der Waals surface area contributed by atoms with Gasteiger partial charge in [-0.1, -0.05) is 12.2 Å². The zero-order chi connectivity index (χ0) is 12.1. The fraction of sp³-hybridized carbons (Fsp3) is 0.692. The second-order valence-electron chi connectivity index (χ2n) is 4.94. The van der Waals surface area contributed by atoms with E-state index in [4.69, 9.17) is 0 Å². The summed E-state index contributed by atoms with van der Waals surface area (Å²) in [5, 5.41) is 5.75. The molecule has 4 heteroatoms. The van der Waals surface area contributed by atoms with Crippen molar-refractivity contribution >= 4 is 11.8 Å². The number of rotatable bonds is 3. The highest BCUT2D eigenvalue weighted by Crippen LogP contribution is 2.17. The van der Waals surface area contributed by atoms with E-state index in [1.165, 1.54) is 0 Å². The van der Waals surface area contributed by atoms with Crippen LogP contribution in [0.3, 0.4) is 0 Å². The average Bonchev–Trinajstić information content (AvgIpc) is 2.38. The molecule has 17 heavy (non-hydrogen) atoms. The fourth-order valence-corrected chi connectivity index (χ4v) is 2.39. The molecule has 0 spiro atoms. The van der Waals surface area contributed by atoms with Crippen molar-refractivity contribution in [1.82, 2.24) is 10.6 Å². The van der Waals surface area contributed by atoms with Gasteiger partial charge >= 0.3 is 0 Å². The van der Waals surface area contributed by atoms with Gasteiger partial charge in [-0.05, 0) is 31.6 Å². The quantitative estimate of drug-likeness (QED) is 0.718. The van der Waals surface area contributed by atoms with Crippen molar-refractivity contribution in [3.05, 3.63) is 12.2 Å². The van der Waals surface area contributed by atoms with Crippen molar-refractivity contribution in [2.75, 3.05) is 13.1 Å². The maximum Gasteiger partial charge on any atom is 0.224 e. The van der Waals surface area contributed by atoms with Crippen LogP contribution in [-0.2, 0) is 9.59 Å². The topological polar surface area (TPSA) is 58.2 Å². The summed E-state index contributed by atoms with van der Waals surface area (Å²) in [7, 11) is 0. The molecule has 1 aliphatic heterocycles. The van der Waals surface area contributed by atoms with Crippen LogP contribution in [-0.4, -0.2) is 24.9 Å². The molecule has 1 aliphatic carbocycles. The molecule has 4 nitrogen and oxygen atoms in total. The van der Waals surface area contributed by atoms with Crippen LogP contribution in [0.4, 0.5) is 0 Å². The predicted octanol–water partition coefficient (Wildman–Crippen LogP) is 0.985. The molecule has 2 rings (SSSR count). The minimum atomic E-state index is -0.0353. The summed E-state index contributed by atoms with van der Waals surface area (Å²) in [4.78, 5) is 22.9. The molecule has 0 radical (unpaired) electrons. The van der Waals surface area contributed by atoms with Crippen LogP contribution in [0.15, 0.2) is 12.2 Å². The predicted molar refractivity (Wildman–Crippen MR) is 65.2 cm³/mol. The third-order valence-electron chi connectivity index (χ3n) is 3.58. The van der Waals surface area contributed by atoms with Gasteiger partial charge in [-0.3, -0.25) is 9.59 Å². The van der Waals surface area contributed by atoms with Gasteiger partial charge in [0.1, 0.15) is 0 Å². The summed E-state index contributed by atoms with van der Waals surface area (Å²) in [6, 6.07) is 0. The highest BCUT2D eigenvalue weighted by atomic mass is 16.2. The Morgan fingerprint density at radius 3 is 2.94 bits per heavy atom. The molecule has 0 saturated carbocycles. The van der Waals surface area contributed by atoms with E-state index in [-0.39, 0.29) is 17.7 Å². The molecule has 0 aromatic heterocycles. The number of hydrogen-bond acceptors (Lipinski definition) is 2. The molecule has 2 atom stereocenters. The van der Waals surface area contributed by atoms with Crippen LogP contribution < -0.4 is 10.6 Å². The van der Waals surface area contributed by atoms with E-state index in [9.17, 15) is 9.59 Å². The lowest BCUT2D eigenvalue weighted by Crippen LogP contribution is -2.44. The molecule has 94 valence electrons. The molecule has 2 amide bonds. The zero-order valence-corrected chi connectivity index (χ0v) is 10.1. The third-order valence-corrected chi connectivity index (χ3v) is 3.58. The van der Waals surface area contributed by atoms with Gasteiger partial charge in [0.2, 0.25) is 11.8 Å². The fourth-order valence-electron chi connectivity index (χ4n) is 2.39. The first kappa shape index (κ1) is 12.1. The Bertz CT molecular complexity index is 315. The summed E-state index contributed by atoms with van der Waals surface area (Å²) in [5.74, 6) is 0.708. The number of hydrogen-bond donors (Lipinski definition) is 2. The largest absolute Gasteiger partial charge is 0.356 e. The number of amides is 2. The minimum Gasteiger partial charge on any atom is -0.356 e. The lowest BCUT2D eigenvalue weighted by atomic mass is 9.93. The standard InChI is InChI=1S/C13H20N2O2/c16-12-7-6-11(9-14-12)13(17)15-8-10-4-2-1-3-5-10/h1-2,10-11H,3-9H2,(H,14,16)(H,15,17). The Labute approximate surface area is 102 Å². The maximum absolute atomic E-state index is 11.9. The van der Waals surface area contributed by atoms with Gasteiger partial charge in [-0.25, -0.2) is 0 Å². The van der Waals surface area contributed by atoms with Gasteiger partial charge in [-0.2, -0.15) is 0 Å². The molecule has 1 saturated heterocycles. The van der Waals surface area contributed by atoms with Gasteiger partial charge in [0.05, 0.1) is 5.92 Å². The summed E-state index contributed by atoms with van der Waals surface area (Å²) in [5.41, 5.74) is 0. The van der Waals surface area contributed by atoms with Gasteiger partial charge in [-0.15, -0.1) is 0 Å². The summed E-state index contributed by atoms with van der Waals surface area (Å²) >= 11 is 0. The number of carbonyl (C=O) groups is 2. The van der Waals surface area contributed by atoms with E-state index in [0.29, 0.717) is 25.3 Å². The van der Waals surface area contributed by atoms with Gasteiger partial charge in [0.25, 0.3) is 0 Å². The Hall–Kier alpha value is -1.32. The zero-order valence-electron chi connectivity index (χ0n) is 10.1. The van der Waals surface area contributed by atoms with Crippen LogP contribution in [0.25, 0.3) is 0 Å². The normalized spacial score (nSPS) is 28.6. The molecular weight excluding hydrogens is 216 g/mol. The molecule has 2 N–H and O–H groups in total. The van der Waals surface area contributed by atoms with E-state index in [1.807, 2.05) is 0 Å². The maximum atomic E-state index is 11.9. The number of allylic oxidation sites excluding steroid dienone is 2. The SMILES string of the molecule is O=C1CCC(C(=O)NCC2CC=CCC2)CN1. The van der Waals surface area contributed by atoms with E-state index in [0.717, 1.165) is 25.8 Å². The molecule has 1 fully saturated rings. The minimum absolute atomic E-state index is 0.0353. The molecule has 0 aromatic rings. The van der Waals surface area contributed by atoms with Crippen LogP contribution in [0, 0.1) is 11.8 Å². The monoisotopic (exact) mass is 236 g/mol. The van der Waals surface area contributed by atoms with E-state index in [2.05, 4.69) is 22.8 Å². The lowest BCUT2D eigenvalue weighted by Gasteiger charge is -2.23. The highest BCUT2D eigenvalue weighted by Gasteiger charge is 2.24. The van der Waals surface area contributed by atoms with Gasteiger partial charge < -0.3 is 10.6 Å². The van der Waals surface area contributed by atoms with E-state index < -0.39 is 0 Å². The van der Waals surface area contributed by atoms with Crippen molar-refractivity contribution in [3.8, 4) is 0 Å². The van der Waals surface area contributed by atoms with Crippen LogP contribution in [0.2, 0.25) is 0 Å². The second kappa shape index (κ2) is 5.84. The lowest BCUT2D eigenvalue weighted by molar-refractivity contribution is -0.129. The first-order chi connectivity index (χ1) is 8.25. The van der Waals surface area contributed by atoms with Crippen molar-refractivity contribution in [2.24, 2.45) is 11.8 Å². The molecule has 1 heterocycles. The highest BCUT2D eigenvalue weighted by molar-refractivity contribution is 5.83. The van der Waals surface area contributed by atoms with Crippen LogP contribution in [0.1, 0.15) is 32.1 Å². The van der Waals surface area contributed by atoms with Crippen molar-refractivity contribution in [2.45, 2.75) is 32.1 Å². The van der Waals surface area contributed by atoms with Crippen molar-refractivity contribution in [1.29, 1.82) is 0 Å². The molecule has 2 aliphatic rings. The average molecular weight is 236 g/mol. The molecule has 0 bridgehead atoms. The Kier molecular flexibility index (Phi) is 4.18.